The van der Waals surface area contributed by atoms with Gasteiger partial charge in [0.15, 0.2) is 0 Å². The van der Waals surface area contributed by atoms with Crippen LogP contribution in [0.2, 0.25) is 0 Å². The van der Waals surface area contributed by atoms with Crippen molar-refractivity contribution in [3.63, 3.8) is 0 Å². The van der Waals surface area contributed by atoms with Gasteiger partial charge in [-0.1, -0.05) is 30.3 Å². The normalized spacial score (nSPS) is 32.4. The van der Waals surface area contributed by atoms with Crippen molar-refractivity contribution in [3.05, 3.63) is 35.9 Å². The van der Waals surface area contributed by atoms with Crippen molar-refractivity contribution in [2.45, 2.75) is 6.54 Å². The van der Waals surface area contributed by atoms with Crippen molar-refractivity contribution in [1.82, 2.24) is 4.90 Å². The smallest absolute Gasteiger partial charge is 0.307 e. The Bertz CT molecular complexity index is 392. The van der Waals surface area contributed by atoms with Crippen LogP contribution in [0.4, 0.5) is 0 Å². The maximum absolute atomic E-state index is 10.8. The second kappa shape index (κ2) is 3.59. The van der Waals surface area contributed by atoms with E-state index in [1.165, 1.54) is 5.56 Å². The molecule has 2 fully saturated rings. The number of carboxylic acid groups (broad SMARTS) is 1. The van der Waals surface area contributed by atoms with Crippen molar-refractivity contribution >= 4 is 5.97 Å². The minimum absolute atomic E-state index is 0.0491. The van der Waals surface area contributed by atoms with Crippen LogP contribution in [0.5, 0.6) is 0 Å². The summed E-state index contributed by atoms with van der Waals surface area (Å²) in [6.45, 7) is 2.87. The predicted octanol–water partition coefficient (Wildman–Crippen LogP) is 1.45. The molecule has 3 nitrogen and oxygen atoms in total. The van der Waals surface area contributed by atoms with E-state index in [2.05, 4.69) is 17.0 Å². The first-order valence-electron chi connectivity index (χ1n) is 5.75. The third kappa shape index (κ3) is 1.61. The molecular weight excluding hydrogens is 202 g/mol. The van der Waals surface area contributed by atoms with E-state index in [1.807, 2.05) is 18.2 Å². The van der Waals surface area contributed by atoms with Gasteiger partial charge >= 0.3 is 5.97 Å². The Hall–Kier alpha value is -1.35. The van der Waals surface area contributed by atoms with Gasteiger partial charge < -0.3 is 5.11 Å². The third-order valence-electron chi connectivity index (χ3n) is 3.80. The Balaban J connectivity index is 1.57. The summed E-state index contributed by atoms with van der Waals surface area (Å²) in [6, 6.07) is 10.4. The molecule has 16 heavy (non-hydrogen) atoms. The second-order valence-electron chi connectivity index (χ2n) is 4.87. The van der Waals surface area contributed by atoms with E-state index in [-0.39, 0.29) is 5.92 Å². The number of hydrogen-bond donors (Lipinski definition) is 1. The number of nitrogens with zero attached hydrogens (tertiary/aromatic N) is 1. The summed E-state index contributed by atoms with van der Waals surface area (Å²) in [4.78, 5) is 13.2. The van der Waals surface area contributed by atoms with Crippen LogP contribution in [0.3, 0.4) is 0 Å². The number of carboxylic acids is 1. The molecule has 3 heteroatoms. The maximum atomic E-state index is 10.8. The highest BCUT2D eigenvalue weighted by atomic mass is 16.4. The van der Waals surface area contributed by atoms with Crippen molar-refractivity contribution in [2.24, 2.45) is 17.8 Å². The summed E-state index contributed by atoms with van der Waals surface area (Å²) < 4.78 is 0. The zero-order valence-electron chi connectivity index (χ0n) is 9.04. The first-order valence-corrected chi connectivity index (χ1v) is 5.75. The summed E-state index contributed by atoms with van der Waals surface area (Å²) in [6.07, 6.45) is 0. The van der Waals surface area contributed by atoms with Gasteiger partial charge in [-0.15, -0.1) is 0 Å². The molecule has 0 radical (unpaired) electrons. The predicted molar refractivity (Wildman–Crippen MR) is 59.8 cm³/mol. The number of benzene rings is 1. The molecule has 1 saturated carbocycles. The van der Waals surface area contributed by atoms with Crippen molar-refractivity contribution < 1.29 is 9.90 Å². The molecule has 1 saturated heterocycles. The molecule has 1 aromatic rings. The molecule has 0 aromatic heterocycles. The first kappa shape index (κ1) is 9.85. The van der Waals surface area contributed by atoms with Gasteiger partial charge in [-0.25, -0.2) is 0 Å². The lowest BCUT2D eigenvalue weighted by molar-refractivity contribution is -0.139. The Kier molecular flexibility index (Phi) is 2.21. The fourth-order valence-corrected chi connectivity index (χ4v) is 2.95. The zero-order valence-corrected chi connectivity index (χ0v) is 9.04. The Labute approximate surface area is 94.7 Å². The van der Waals surface area contributed by atoms with Crippen LogP contribution >= 0.6 is 0 Å². The fourth-order valence-electron chi connectivity index (χ4n) is 2.95. The van der Waals surface area contributed by atoms with Crippen molar-refractivity contribution in [2.75, 3.05) is 13.1 Å². The van der Waals surface area contributed by atoms with Gasteiger partial charge in [0.25, 0.3) is 0 Å². The summed E-state index contributed by atoms with van der Waals surface area (Å²) in [7, 11) is 0. The van der Waals surface area contributed by atoms with Crippen molar-refractivity contribution in [1.29, 1.82) is 0 Å². The zero-order chi connectivity index (χ0) is 11.1. The van der Waals surface area contributed by atoms with E-state index in [1.54, 1.807) is 0 Å². The Morgan fingerprint density at radius 3 is 2.44 bits per heavy atom. The fraction of sp³-hybridized carbons (Fsp3) is 0.462. The molecule has 1 N–H and O–H groups in total. The molecule has 0 bridgehead atoms. The van der Waals surface area contributed by atoms with E-state index in [9.17, 15) is 4.79 Å². The lowest BCUT2D eigenvalue weighted by Gasteiger charge is -2.18. The molecule has 3 atom stereocenters. The van der Waals surface area contributed by atoms with Crippen LogP contribution in [0.15, 0.2) is 30.3 Å². The lowest BCUT2D eigenvalue weighted by Crippen LogP contribution is -2.25. The van der Waals surface area contributed by atoms with Gasteiger partial charge in [-0.2, -0.15) is 0 Å². The standard InChI is InChI=1S/C13H15NO2/c15-13(16)12-10-7-14(8-11(10)12)6-9-4-2-1-3-5-9/h1-5,10-12H,6-8H2,(H,15,16)/t10-,11+,12?. The highest BCUT2D eigenvalue weighted by molar-refractivity contribution is 5.74. The maximum Gasteiger partial charge on any atom is 0.307 e. The molecule has 1 aromatic carbocycles. The average Bonchev–Trinajstić information content (AvgIpc) is 2.79. The number of likely N-dealkylation sites (tertiary alicyclic amines) is 1. The van der Waals surface area contributed by atoms with Gasteiger partial charge in [0.2, 0.25) is 0 Å². The Morgan fingerprint density at radius 1 is 1.25 bits per heavy atom. The quantitative estimate of drug-likeness (QED) is 0.833. The summed E-state index contributed by atoms with van der Waals surface area (Å²) >= 11 is 0. The second-order valence-corrected chi connectivity index (χ2v) is 4.87. The number of piperidine rings is 1. The number of aliphatic carboxylic acids is 1. The van der Waals surface area contributed by atoms with Crippen LogP contribution in [0.1, 0.15) is 5.56 Å². The Morgan fingerprint density at radius 2 is 1.88 bits per heavy atom. The topological polar surface area (TPSA) is 40.5 Å². The van der Waals surface area contributed by atoms with Crippen LogP contribution in [-0.2, 0) is 11.3 Å². The molecule has 0 amide bonds. The van der Waals surface area contributed by atoms with Gasteiger partial charge in [-0.3, -0.25) is 9.69 Å². The third-order valence-corrected chi connectivity index (χ3v) is 3.80. The first-order chi connectivity index (χ1) is 7.75. The number of hydrogen-bond acceptors (Lipinski definition) is 2. The number of rotatable bonds is 3. The van der Waals surface area contributed by atoms with Crippen LogP contribution in [-0.4, -0.2) is 29.1 Å². The van der Waals surface area contributed by atoms with Gasteiger partial charge in [-0.05, 0) is 17.4 Å². The van der Waals surface area contributed by atoms with Crippen LogP contribution in [0.25, 0.3) is 0 Å². The average molecular weight is 217 g/mol. The molecule has 3 rings (SSSR count). The molecule has 1 aliphatic carbocycles. The molecule has 2 aliphatic rings. The summed E-state index contributed by atoms with van der Waals surface area (Å²) in [5, 5.41) is 8.92. The number of carbonyl (C=O) groups is 1. The summed E-state index contributed by atoms with van der Waals surface area (Å²) in [5.74, 6) is 0.184. The minimum Gasteiger partial charge on any atom is -0.481 e. The van der Waals surface area contributed by atoms with E-state index in [0.717, 1.165) is 19.6 Å². The van der Waals surface area contributed by atoms with Gasteiger partial charge in [0, 0.05) is 19.6 Å². The monoisotopic (exact) mass is 217 g/mol. The molecule has 84 valence electrons. The minimum atomic E-state index is -0.602. The highest BCUT2D eigenvalue weighted by Gasteiger charge is 2.59. The van der Waals surface area contributed by atoms with Crippen molar-refractivity contribution in [3.8, 4) is 0 Å². The summed E-state index contributed by atoms with van der Waals surface area (Å²) in [5.41, 5.74) is 1.32. The lowest BCUT2D eigenvalue weighted by atomic mass is 10.2. The highest BCUT2D eigenvalue weighted by Crippen LogP contribution is 2.51. The van der Waals surface area contributed by atoms with Crippen LogP contribution in [0, 0.1) is 17.8 Å². The molecule has 1 aliphatic heterocycles. The number of fused-ring (bicyclic) bond motifs is 1. The van der Waals surface area contributed by atoms with E-state index < -0.39 is 5.97 Å². The van der Waals surface area contributed by atoms with E-state index in [0.29, 0.717) is 11.8 Å². The van der Waals surface area contributed by atoms with Gasteiger partial charge in [0.05, 0.1) is 5.92 Å². The largest absolute Gasteiger partial charge is 0.481 e. The van der Waals surface area contributed by atoms with E-state index in [4.69, 9.17) is 5.11 Å². The SMILES string of the molecule is O=C(O)C1[C@H]2CN(Cc3ccccc3)C[C@@H]12. The molecule has 1 heterocycles. The molecule has 0 spiro atoms. The van der Waals surface area contributed by atoms with Gasteiger partial charge in [0.1, 0.15) is 0 Å². The van der Waals surface area contributed by atoms with E-state index >= 15 is 0 Å². The van der Waals surface area contributed by atoms with Crippen LogP contribution < -0.4 is 0 Å². The molecular formula is C13H15NO2. The molecule has 1 unspecified atom stereocenters.